The Morgan fingerprint density at radius 2 is 2.00 bits per heavy atom. The zero-order valence-electron chi connectivity index (χ0n) is 8.91. The topological polar surface area (TPSA) is 54.9 Å². The number of hydrogen-bond acceptors (Lipinski definition) is 2. The summed E-state index contributed by atoms with van der Waals surface area (Å²) in [6.45, 7) is -0.169. The second kappa shape index (κ2) is 4.85. The van der Waals surface area contributed by atoms with E-state index >= 15 is 0 Å². The second-order valence-corrected chi connectivity index (χ2v) is 4.43. The van der Waals surface area contributed by atoms with Crippen LogP contribution in [0.3, 0.4) is 0 Å². The molecule has 2 aromatic rings. The first-order chi connectivity index (χ1) is 8.49. The van der Waals surface area contributed by atoms with Crippen molar-refractivity contribution in [3.05, 3.63) is 66.9 Å². The fourth-order valence-electron chi connectivity index (χ4n) is 1.45. The fraction of sp³-hybridized carbons (Fsp3) is 0.0909. The Balaban J connectivity index is 2.47. The number of aromatic amines is 1. The quantitative estimate of drug-likeness (QED) is 0.915. The van der Waals surface area contributed by atoms with Gasteiger partial charge in [-0.05, 0) is 22.0 Å². The predicted octanol–water partition coefficient (Wildman–Crippen LogP) is 1.63. The number of benzene rings is 1. The van der Waals surface area contributed by atoms with Gasteiger partial charge in [0.2, 0.25) is 0 Å². The molecule has 0 fully saturated rings. The lowest BCUT2D eigenvalue weighted by Crippen LogP contribution is -2.30. The smallest absolute Gasteiger partial charge is 0.295 e. The summed E-state index contributed by atoms with van der Waals surface area (Å²) in [4.78, 5) is 24.6. The molecule has 0 spiro atoms. The van der Waals surface area contributed by atoms with Crippen molar-refractivity contribution < 1.29 is 8.78 Å². The molecule has 0 unspecified atom stereocenters. The SMILES string of the molecule is O=c1[nH]c(=O)n(Cc2cccc(F)c2F)cc1Br. The highest BCUT2D eigenvalue weighted by atomic mass is 79.9. The molecule has 4 nitrogen and oxygen atoms in total. The largest absolute Gasteiger partial charge is 0.328 e. The van der Waals surface area contributed by atoms with E-state index in [0.717, 1.165) is 10.6 Å². The van der Waals surface area contributed by atoms with Gasteiger partial charge in [0, 0.05) is 11.8 Å². The summed E-state index contributed by atoms with van der Waals surface area (Å²) in [5, 5.41) is 0. The van der Waals surface area contributed by atoms with Crippen molar-refractivity contribution >= 4 is 15.9 Å². The lowest BCUT2D eigenvalue weighted by Gasteiger charge is -2.07. The van der Waals surface area contributed by atoms with Gasteiger partial charge in [0.1, 0.15) is 0 Å². The van der Waals surface area contributed by atoms with Crippen LogP contribution in [0.25, 0.3) is 0 Å². The zero-order chi connectivity index (χ0) is 13.3. The van der Waals surface area contributed by atoms with Gasteiger partial charge in [0.25, 0.3) is 5.56 Å². The Kier molecular flexibility index (Phi) is 3.42. The van der Waals surface area contributed by atoms with E-state index in [2.05, 4.69) is 20.9 Å². The molecular formula is C11H7BrF2N2O2. The average molecular weight is 317 g/mol. The summed E-state index contributed by atoms with van der Waals surface area (Å²) in [6.07, 6.45) is 1.23. The van der Waals surface area contributed by atoms with Crippen molar-refractivity contribution in [3.8, 4) is 0 Å². The van der Waals surface area contributed by atoms with E-state index in [1.165, 1.54) is 18.3 Å². The van der Waals surface area contributed by atoms with E-state index in [1.807, 2.05) is 0 Å². The minimum atomic E-state index is -1.01. The fourth-order valence-corrected chi connectivity index (χ4v) is 1.80. The molecule has 2 rings (SSSR count). The maximum absolute atomic E-state index is 13.4. The molecule has 1 heterocycles. The number of nitrogens with one attached hydrogen (secondary N) is 1. The van der Waals surface area contributed by atoms with E-state index in [9.17, 15) is 18.4 Å². The normalized spacial score (nSPS) is 10.6. The number of hydrogen-bond donors (Lipinski definition) is 1. The van der Waals surface area contributed by atoms with Gasteiger partial charge in [-0.15, -0.1) is 0 Å². The van der Waals surface area contributed by atoms with Crippen molar-refractivity contribution in [3.63, 3.8) is 0 Å². The molecule has 0 atom stereocenters. The molecule has 7 heteroatoms. The molecule has 0 saturated carbocycles. The van der Waals surface area contributed by atoms with Crippen LogP contribution in [0.2, 0.25) is 0 Å². The number of rotatable bonds is 2. The number of aromatic nitrogens is 2. The van der Waals surface area contributed by atoms with Crippen LogP contribution in [0, 0.1) is 11.6 Å². The molecule has 0 aliphatic rings. The Morgan fingerprint density at radius 1 is 1.28 bits per heavy atom. The van der Waals surface area contributed by atoms with E-state index in [-0.39, 0.29) is 16.6 Å². The highest BCUT2D eigenvalue weighted by Gasteiger charge is 2.09. The van der Waals surface area contributed by atoms with E-state index < -0.39 is 22.9 Å². The highest BCUT2D eigenvalue weighted by molar-refractivity contribution is 9.10. The molecule has 1 aromatic heterocycles. The minimum absolute atomic E-state index is 0.0241. The molecular weight excluding hydrogens is 310 g/mol. The molecule has 0 aliphatic heterocycles. The Labute approximate surface area is 108 Å². The molecule has 94 valence electrons. The van der Waals surface area contributed by atoms with Crippen molar-refractivity contribution in [1.82, 2.24) is 9.55 Å². The van der Waals surface area contributed by atoms with E-state index in [4.69, 9.17) is 0 Å². The van der Waals surface area contributed by atoms with Gasteiger partial charge in [0.15, 0.2) is 11.6 Å². The van der Waals surface area contributed by atoms with Crippen LogP contribution in [0.5, 0.6) is 0 Å². The van der Waals surface area contributed by atoms with Gasteiger partial charge in [-0.2, -0.15) is 0 Å². The van der Waals surface area contributed by atoms with Crippen molar-refractivity contribution in [2.45, 2.75) is 6.54 Å². The lowest BCUT2D eigenvalue weighted by molar-refractivity contribution is 0.493. The van der Waals surface area contributed by atoms with Gasteiger partial charge in [0.05, 0.1) is 11.0 Å². The average Bonchev–Trinajstić information content (AvgIpc) is 2.32. The molecule has 0 amide bonds. The maximum atomic E-state index is 13.4. The van der Waals surface area contributed by atoms with Crippen molar-refractivity contribution in [2.24, 2.45) is 0 Å². The predicted molar refractivity (Wildman–Crippen MR) is 64.5 cm³/mol. The molecule has 0 saturated heterocycles. The Morgan fingerprint density at radius 3 is 2.72 bits per heavy atom. The number of halogens is 3. The number of H-pyrrole nitrogens is 1. The standard InChI is InChI=1S/C11H7BrF2N2O2/c12-7-5-16(11(18)15-10(7)17)4-6-2-1-3-8(13)9(6)14/h1-3,5H,4H2,(H,15,17,18). The van der Waals surface area contributed by atoms with E-state index in [1.54, 1.807) is 0 Å². The third kappa shape index (κ3) is 2.40. The summed E-state index contributed by atoms with van der Waals surface area (Å²) in [6, 6.07) is 3.70. The summed E-state index contributed by atoms with van der Waals surface area (Å²) in [5.41, 5.74) is -1.24. The van der Waals surface area contributed by atoms with Gasteiger partial charge in [-0.25, -0.2) is 13.6 Å². The molecule has 0 bridgehead atoms. The third-order valence-corrected chi connectivity index (χ3v) is 2.90. The lowest BCUT2D eigenvalue weighted by atomic mass is 10.2. The second-order valence-electron chi connectivity index (χ2n) is 3.58. The van der Waals surface area contributed by atoms with Crippen LogP contribution in [-0.2, 0) is 6.54 Å². The van der Waals surface area contributed by atoms with Crippen molar-refractivity contribution in [1.29, 1.82) is 0 Å². The van der Waals surface area contributed by atoms with E-state index in [0.29, 0.717) is 0 Å². The van der Waals surface area contributed by atoms with Crippen LogP contribution in [-0.4, -0.2) is 9.55 Å². The summed E-state index contributed by atoms with van der Waals surface area (Å²) >= 11 is 2.96. The first kappa shape index (κ1) is 12.7. The first-order valence-corrected chi connectivity index (χ1v) is 5.70. The van der Waals surface area contributed by atoms with Gasteiger partial charge < -0.3 is 0 Å². The van der Waals surface area contributed by atoms with Crippen LogP contribution in [0.1, 0.15) is 5.56 Å². The Bertz CT molecular complexity index is 709. The molecule has 18 heavy (non-hydrogen) atoms. The van der Waals surface area contributed by atoms with Crippen LogP contribution >= 0.6 is 15.9 Å². The zero-order valence-corrected chi connectivity index (χ0v) is 10.5. The monoisotopic (exact) mass is 316 g/mol. The van der Waals surface area contributed by atoms with Gasteiger partial charge in [-0.3, -0.25) is 14.3 Å². The summed E-state index contributed by atoms with van der Waals surface area (Å²) < 4.78 is 27.6. The summed E-state index contributed by atoms with van der Waals surface area (Å²) in [7, 11) is 0. The van der Waals surface area contributed by atoms with Gasteiger partial charge >= 0.3 is 5.69 Å². The van der Waals surface area contributed by atoms with Crippen LogP contribution in [0.15, 0.2) is 38.5 Å². The molecule has 0 aliphatic carbocycles. The summed E-state index contributed by atoms with van der Waals surface area (Å²) in [5.74, 6) is -1.99. The minimum Gasteiger partial charge on any atom is -0.295 e. The van der Waals surface area contributed by atoms with Crippen LogP contribution in [0.4, 0.5) is 8.78 Å². The number of nitrogens with zero attached hydrogens (tertiary/aromatic N) is 1. The molecule has 0 radical (unpaired) electrons. The van der Waals surface area contributed by atoms with Crippen LogP contribution < -0.4 is 11.2 Å². The first-order valence-electron chi connectivity index (χ1n) is 4.91. The Hall–Kier alpha value is -1.76. The highest BCUT2D eigenvalue weighted by Crippen LogP contribution is 2.12. The van der Waals surface area contributed by atoms with Crippen molar-refractivity contribution in [2.75, 3.05) is 0 Å². The van der Waals surface area contributed by atoms with Gasteiger partial charge in [-0.1, -0.05) is 12.1 Å². The maximum Gasteiger partial charge on any atom is 0.328 e. The molecule has 1 aromatic carbocycles. The molecule has 1 N–H and O–H groups in total. The third-order valence-electron chi connectivity index (χ3n) is 2.34.